The minimum Gasteiger partial charge on any atom is -0.456 e. The van der Waals surface area contributed by atoms with Crippen molar-refractivity contribution >= 4 is 215 Å². The summed E-state index contributed by atoms with van der Waals surface area (Å²) in [6.45, 7) is 0. The van der Waals surface area contributed by atoms with E-state index in [1.54, 1.807) is 0 Å². The fraction of sp³-hybridized carbons (Fsp3) is 0. The molecule has 0 aliphatic rings. The van der Waals surface area contributed by atoms with Gasteiger partial charge in [0, 0.05) is 107 Å². The van der Waals surface area contributed by atoms with Gasteiger partial charge in [-0.3, -0.25) is 0 Å². The van der Waals surface area contributed by atoms with Crippen LogP contribution in [-0.4, -0.2) is 9.13 Å². The second-order valence-electron chi connectivity index (χ2n) is 27.2. The molecule has 6 aromatic heterocycles. The van der Waals surface area contributed by atoms with Crippen LogP contribution in [0.15, 0.2) is 336 Å². The number of furan rings is 2. The van der Waals surface area contributed by atoms with Gasteiger partial charge in [0.25, 0.3) is 0 Å². The van der Waals surface area contributed by atoms with Crippen molar-refractivity contribution in [3.63, 3.8) is 0 Å². The summed E-state index contributed by atoms with van der Waals surface area (Å²) in [6, 6.07) is 120. The van der Waals surface area contributed by atoms with E-state index in [2.05, 4.69) is 312 Å². The zero-order chi connectivity index (χ0) is 66.4. The SMILES string of the molecule is c1cc(-c2ccc3c(c2)oc2ccccc23)cc(-n2c3ccccc3c3c4c5ccccc5c5ccccc5c4c4c5ccccc5sc4c32)c1.c1ccc2c(c1)oc1cc(-c3ccc(-n4c5ccccc5c5c6c7ccccc7c7ccccc7c6c6c7ccccc7sc6c54)cc3)ccc12. The van der Waals surface area contributed by atoms with E-state index in [0.29, 0.717) is 0 Å². The third-order valence-electron chi connectivity index (χ3n) is 21.9. The van der Waals surface area contributed by atoms with Crippen molar-refractivity contribution in [2.45, 2.75) is 0 Å². The lowest BCUT2D eigenvalue weighted by molar-refractivity contribution is 0.668. The molecule has 0 atom stereocenters. The van der Waals surface area contributed by atoms with Gasteiger partial charge < -0.3 is 18.0 Å². The van der Waals surface area contributed by atoms with E-state index in [9.17, 15) is 0 Å². The molecule has 4 nitrogen and oxygen atoms in total. The Morgan fingerprint density at radius 3 is 0.990 bits per heavy atom. The largest absolute Gasteiger partial charge is 0.456 e. The van der Waals surface area contributed by atoms with Crippen molar-refractivity contribution in [3.05, 3.63) is 328 Å². The van der Waals surface area contributed by atoms with Crippen LogP contribution >= 0.6 is 22.7 Å². The van der Waals surface area contributed by atoms with Crippen molar-refractivity contribution in [1.29, 1.82) is 0 Å². The molecule has 6 heterocycles. The first-order chi connectivity index (χ1) is 50.6. The van der Waals surface area contributed by atoms with E-state index in [-0.39, 0.29) is 0 Å². The molecule has 24 aromatic rings. The molecule has 0 spiro atoms. The number of hydrogen-bond donors (Lipinski definition) is 0. The number of hydrogen-bond acceptors (Lipinski definition) is 4. The third-order valence-corrected chi connectivity index (χ3v) is 24.2. The standard InChI is InChI=1S/2C48H27NOS/c1-3-17-35-31(14-1)32-15-2-4-18-36(32)44-43(35)45-37-19-5-8-21-39(37)49(47(45)48-46(44)38-20-7-10-23-42(38)51-48)30-13-11-12-28(26-30)29-24-25-34-33-16-6-9-22-40(33)50-41(34)27-29;1-3-14-35-31(11-1)32-12-2-4-15-36(32)44-43(35)45-37-16-5-8-18-39(37)49(47(45)48-46(44)38-17-7-10-20-42(38)51-48)30-24-21-28(22-25-30)29-23-26-34-33-13-6-9-19-40(33)50-41(34)27-29/h2*1-27H. The van der Waals surface area contributed by atoms with Crippen molar-refractivity contribution in [1.82, 2.24) is 9.13 Å². The summed E-state index contributed by atoms with van der Waals surface area (Å²) in [5, 5.41) is 30.9. The Morgan fingerprint density at radius 2 is 0.529 bits per heavy atom. The number of nitrogens with zero attached hydrogens (tertiary/aromatic N) is 2. The van der Waals surface area contributed by atoms with Gasteiger partial charge in [-0.05, 0) is 150 Å². The van der Waals surface area contributed by atoms with Crippen LogP contribution in [0.25, 0.3) is 226 Å². The Balaban J connectivity index is 0.000000126. The van der Waals surface area contributed by atoms with E-state index in [1.165, 1.54) is 149 Å². The van der Waals surface area contributed by atoms with E-state index < -0.39 is 0 Å². The fourth-order valence-electron chi connectivity index (χ4n) is 17.6. The molecule has 0 saturated carbocycles. The number of benzene rings is 18. The maximum Gasteiger partial charge on any atom is 0.136 e. The second-order valence-corrected chi connectivity index (χ2v) is 29.3. The molecular weight excluding hydrogens is 1280 g/mol. The van der Waals surface area contributed by atoms with Crippen LogP contribution < -0.4 is 0 Å². The highest BCUT2D eigenvalue weighted by molar-refractivity contribution is 7.27. The molecule has 0 radical (unpaired) electrons. The number of thiophene rings is 2. The topological polar surface area (TPSA) is 36.1 Å². The lowest BCUT2D eigenvalue weighted by atomic mass is 9.89. The van der Waals surface area contributed by atoms with E-state index in [0.717, 1.165) is 77.5 Å². The van der Waals surface area contributed by atoms with Crippen LogP contribution in [-0.2, 0) is 0 Å². The van der Waals surface area contributed by atoms with Crippen LogP contribution in [0.3, 0.4) is 0 Å². The van der Waals surface area contributed by atoms with E-state index >= 15 is 0 Å². The maximum atomic E-state index is 6.31. The van der Waals surface area contributed by atoms with E-state index in [4.69, 9.17) is 8.83 Å². The molecule has 18 aromatic carbocycles. The van der Waals surface area contributed by atoms with Gasteiger partial charge in [-0.2, -0.15) is 0 Å². The molecule has 0 fully saturated rings. The first-order valence-electron chi connectivity index (χ1n) is 34.9. The van der Waals surface area contributed by atoms with Crippen LogP contribution in [0, 0.1) is 0 Å². The molecule has 0 N–H and O–H groups in total. The quantitative estimate of drug-likeness (QED) is 0.165. The minimum atomic E-state index is 0.911. The smallest absolute Gasteiger partial charge is 0.136 e. The Labute approximate surface area is 590 Å². The van der Waals surface area contributed by atoms with Crippen LogP contribution in [0.5, 0.6) is 0 Å². The summed E-state index contributed by atoms with van der Waals surface area (Å²) < 4.78 is 22.9. The average Bonchev–Trinajstić information content (AvgIpc) is 1.50. The number of fused-ring (bicyclic) bond motifs is 36. The van der Waals surface area contributed by atoms with Gasteiger partial charge in [-0.15, -0.1) is 22.7 Å². The monoisotopic (exact) mass is 1330 g/mol. The van der Waals surface area contributed by atoms with Gasteiger partial charge in [-0.1, -0.05) is 243 Å². The van der Waals surface area contributed by atoms with E-state index in [1.807, 2.05) is 46.9 Å². The lowest BCUT2D eigenvalue weighted by Gasteiger charge is -2.15. The van der Waals surface area contributed by atoms with Crippen molar-refractivity contribution in [2.24, 2.45) is 0 Å². The lowest BCUT2D eigenvalue weighted by Crippen LogP contribution is -1.95. The summed E-state index contributed by atoms with van der Waals surface area (Å²) in [7, 11) is 0. The highest BCUT2D eigenvalue weighted by Crippen LogP contribution is 2.55. The van der Waals surface area contributed by atoms with Crippen LogP contribution in [0.1, 0.15) is 0 Å². The molecular formula is C96H54N2O2S2. The number of aromatic nitrogens is 2. The Morgan fingerprint density at radius 1 is 0.196 bits per heavy atom. The van der Waals surface area contributed by atoms with Gasteiger partial charge in [-0.25, -0.2) is 0 Å². The normalized spacial score (nSPS) is 12.3. The highest BCUT2D eigenvalue weighted by Gasteiger charge is 2.28. The molecule has 0 saturated heterocycles. The molecule has 0 aliphatic carbocycles. The first-order valence-corrected chi connectivity index (χ1v) is 36.5. The minimum absolute atomic E-state index is 0.911. The number of para-hydroxylation sites is 4. The first kappa shape index (κ1) is 56.1. The Bertz CT molecular complexity index is 7760. The van der Waals surface area contributed by atoms with Gasteiger partial charge in [0.05, 0.1) is 31.5 Å². The summed E-state index contributed by atoms with van der Waals surface area (Å²) in [5.74, 6) is 0. The summed E-state index contributed by atoms with van der Waals surface area (Å²) in [5.41, 5.74) is 15.5. The Hall–Kier alpha value is -12.8. The highest BCUT2D eigenvalue weighted by atomic mass is 32.1. The van der Waals surface area contributed by atoms with Crippen molar-refractivity contribution < 1.29 is 8.83 Å². The zero-order valence-electron chi connectivity index (χ0n) is 54.7. The summed E-state index contributed by atoms with van der Waals surface area (Å²) in [4.78, 5) is 0. The average molecular weight is 1330 g/mol. The van der Waals surface area contributed by atoms with Gasteiger partial charge >= 0.3 is 0 Å². The fourth-order valence-corrected chi connectivity index (χ4v) is 20.1. The predicted molar refractivity (Wildman–Crippen MR) is 438 cm³/mol. The molecule has 0 unspecified atom stereocenters. The molecule has 472 valence electrons. The van der Waals surface area contributed by atoms with Gasteiger partial charge in [0.15, 0.2) is 0 Å². The predicted octanol–water partition coefficient (Wildman–Crippen LogP) is 28.4. The van der Waals surface area contributed by atoms with Crippen molar-refractivity contribution in [3.8, 4) is 33.6 Å². The van der Waals surface area contributed by atoms with Crippen LogP contribution in [0.4, 0.5) is 0 Å². The third kappa shape index (κ3) is 7.85. The molecule has 0 bridgehead atoms. The molecule has 0 amide bonds. The summed E-state index contributed by atoms with van der Waals surface area (Å²) in [6.07, 6.45) is 0. The van der Waals surface area contributed by atoms with Gasteiger partial charge in [0.2, 0.25) is 0 Å². The molecule has 102 heavy (non-hydrogen) atoms. The molecule has 24 rings (SSSR count). The summed E-state index contributed by atoms with van der Waals surface area (Å²) >= 11 is 3.83. The van der Waals surface area contributed by atoms with Crippen LogP contribution in [0.2, 0.25) is 0 Å². The maximum absolute atomic E-state index is 6.31. The molecule has 6 heteroatoms. The number of rotatable bonds is 4. The van der Waals surface area contributed by atoms with Gasteiger partial charge in [0.1, 0.15) is 22.3 Å². The zero-order valence-corrected chi connectivity index (χ0v) is 56.3. The second kappa shape index (κ2) is 21.3. The Kier molecular flexibility index (Phi) is 11.7. The van der Waals surface area contributed by atoms with Crippen molar-refractivity contribution in [2.75, 3.05) is 0 Å². The molecule has 0 aliphatic heterocycles.